The van der Waals surface area contributed by atoms with Gasteiger partial charge in [-0.3, -0.25) is 4.68 Å². The largest absolute Gasteiger partial charge is 0.462 e. The predicted molar refractivity (Wildman–Crippen MR) is 96.8 cm³/mol. The van der Waals surface area contributed by atoms with Crippen LogP contribution in [0.1, 0.15) is 61.5 Å². The SMILES string of the molecule is CCOC(=O)c1cnn(C2CCOCC2)c1-c1ccc(C(C)C)cc1F. The minimum atomic E-state index is -0.479. The molecule has 5 nitrogen and oxygen atoms in total. The lowest BCUT2D eigenvalue weighted by Crippen LogP contribution is -2.21. The summed E-state index contributed by atoms with van der Waals surface area (Å²) < 4.78 is 27.3. The highest BCUT2D eigenvalue weighted by molar-refractivity contribution is 5.96. The summed E-state index contributed by atoms with van der Waals surface area (Å²) in [6.07, 6.45) is 3.05. The molecule has 0 amide bonds. The van der Waals surface area contributed by atoms with Crippen molar-refractivity contribution in [1.29, 1.82) is 0 Å². The molecule has 1 aromatic heterocycles. The van der Waals surface area contributed by atoms with Crippen LogP contribution in [0.3, 0.4) is 0 Å². The number of hydrogen-bond acceptors (Lipinski definition) is 4. The highest BCUT2D eigenvalue weighted by Gasteiger charge is 2.27. The molecule has 0 aliphatic carbocycles. The summed E-state index contributed by atoms with van der Waals surface area (Å²) in [5.74, 6) is -0.604. The van der Waals surface area contributed by atoms with E-state index < -0.39 is 5.97 Å². The molecule has 1 fully saturated rings. The Morgan fingerprint density at radius 3 is 2.73 bits per heavy atom. The van der Waals surface area contributed by atoms with Gasteiger partial charge < -0.3 is 9.47 Å². The molecule has 0 saturated carbocycles. The number of rotatable bonds is 5. The molecule has 1 aromatic carbocycles. The van der Waals surface area contributed by atoms with Gasteiger partial charge >= 0.3 is 5.97 Å². The van der Waals surface area contributed by atoms with Crippen LogP contribution in [0.15, 0.2) is 24.4 Å². The number of halogens is 1. The van der Waals surface area contributed by atoms with E-state index in [1.807, 2.05) is 19.9 Å². The molecule has 0 radical (unpaired) electrons. The Kier molecular flexibility index (Phi) is 5.71. The van der Waals surface area contributed by atoms with Crippen LogP contribution in [0.5, 0.6) is 0 Å². The first-order valence-electron chi connectivity index (χ1n) is 9.15. The molecule has 1 aliphatic rings. The van der Waals surface area contributed by atoms with Crippen LogP contribution in [0, 0.1) is 5.82 Å². The van der Waals surface area contributed by atoms with Crippen molar-refractivity contribution in [3.63, 3.8) is 0 Å². The van der Waals surface area contributed by atoms with Crippen LogP contribution < -0.4 is 0 Å². The van der Waals surface area contributed by atoms with Crippen LogP contribution in [-0.4, -0.2) is 35.6 Å². The number of hydrogen-bond donors (Lipinski definition) is 0. The summed E-state index contributed by atoms with van der Waals surface area (Å²) in [7, 11) is 0. The highest BCUT2D eigenvalue weighted by atomic mass is 19.1. The zero-order valence-corrected chi connectivity index (χ0v) is 15.5. The molecule has 3 rings (SSSR count). The van der Waals surface area contributed by atoms with E-state index in [9.17, 15) is 9.18 Å². The van der Waals surface area contributed by atoms with Crippen molar-refractivity contribution in [1.82, 2.24) is 9.78 Å². The lowest BCUT2D eigenvalue weighted by molar-refractivity contribution is 0.0526. The van der Waals surface area contributed by atoms with E-state index in [4.69, 9.17) is 9.47 Å². The number of aromatic nitrogens is 2. The lowest BCUT2D eigenvalue weighted by atomic mass is 9.98. The maximum atomic E-state index is 14.9. The summed E-state index contributed by atoms with van der Waals surface area (Å²) in [4.78, 5) is 12.4. The van der Waals surface area contributed by atoms with Crippen molar-refractivity contribution in [2.45, 2.75) is 45.6 Å². The number of carbonyl (C=O) groups is 1. The van der Waals surface area contributed by atoms with Crippen LogP contribution >= 0.6 is 0 Å². The molecule has 2 aromatic rings. The first kappa shape index (κ1) is 18.6. The first-order valence-corrected chi connectivity index (χ1v) is 9.15. The standard InChI is InChI=1S/C20H25FN2O3/c1-4-26-20(24)17-12-22-23(15-7-9-25-10-8-15)19(17)16-6-5-14(13(2)3)11-18(16)21/h5-6,11-13,15H,4,7-10H2,1-3H3. The molecule has 140 valence electrons. The Bertz CT molecular complexity index is 779. The van der Waals surface area contributed by atoms with Gasteiger partial charge in [0.15, 0.2) is 0 Å². The van der Waals surface area contributed by atoms with E-state index in [0.29, 0.717) is 30.0 Å². The van der Waals surface area contributed by atoms with E-state index in [2.05, 4.69) is 5.10 Å². The van der Waals surface area contributed by atoms with Gasteiger partial charge in [0.05, 0.1) is 24.5 Å². The highest BCUT2D eigenvalue weighted by Crippen LogP contribution is 2.33. The summed E-state index contributed by atoms with van der Waals surface area (Å²) >= 11 is 0. The normalized spacial score (nSPS) is 15.4. The second-order valence-corrected chi connectivity index (χ2v) is 6.81. The van der Waals surface area contributed by atoms with Gasteiger partial charge in [0.1, 0.15) is 11.4 Å². The Morgan fingerprint density at radius 2 is 2.12 bits per heavy atom. The van der Waals surface area contributed by atoms with Crippen LogP contribution in [0.4, 0.5) is 4.39 Å². The Hall–Kier alpha value is -2.21. The molecule has 0 unspecified atom stereocenters. The van der Waals surface area contributed by atoms with Gasteiger partial charge in [0.2, 0.25) is 0 Å². The van der Waals surface area contributed by atoms with E-state index >= 15 is 0 Å². The number of esters is 1. The minimum Gasteiger partial charge on any atom is -0.462 e. The third-order valence-corrected chi connectivity index (χ3v) is 4.74. The van der Waals surface area contributed by atoms with Crippen molar-refractivity contribution in [2.24, 2.45) is 0 Å². The molecule has 26 heavy (non-hydrogen) atoms. The van der Waals surface area contributed by atoms with Crippen LogP contribution in [0.25, 0.3) is 11.3 Å². The topological polar surface area (TPSA) is 53.3 Å². The van der Waals surface area contributed by atoms with Gasteiger partial charge in [-0.25, -0.2) is 9.18 Å². The fourth-order valence-corrected chi connectivity index (χ4v) is 3.28. The fraction of sp³-hybridized carbons (Fsp3) is 0.500. The zero-order valence-electron chi connectivity index (χ0n) is 15.5. The maximum absolute atomic E-state index is 14.9. The number of nitrogens with zero attached hydrogens (tertiary/aromatic N) is 2. The predicted octanol–water partition coefficient (Wildman–Crippen LogP) is 4.34. The monoisotopic (exact) mass is 360 g/mol. The average Bonchev–Trinajstić information content (AvgIpc) is 3.07. The van der Waals surface area contributed by atoms with E-state index in [1.54, 1.807) is 17.7 Å². The third kappa shape index (κ3) is 3.65. The smallest absolute Gasteiger partial charge is 0.341 e. The average molecular weight is 360 g/mol. The van der Waals surface area contributed by atoms with Crippen LogP contribution in [-0.2, 0) is 9.47 Å². The second-order valence-electron chi connectivity index (χ2n) is 6.81. The van der Waals surface area contributed by atoms with Crippen molar-refractivity contribution in [2.75, 3.05) is 19.8 Å². The van der Waals surface area contributed by atoms with E-state index in [1.165, 1.54) is 12.3 Å². The Balaban J connectivity index is 2.10. The van der Waals surface area contributed by atoms with E-state index in [-0.39, 0.29) is 24.4 Å². The molecular formula is C20H25FN2O3. The van der Waals surface area contributed by atoms with Crippen molar-refractivity contribution in [3.05, 3.63) is 41.3 Å². The molecule has 1 saturated heterocycles. The molecule has 0 spiro atoms. The molecule has 0 bridgehead atoms. The molecule has 0 atom stereocenters. The molecule has 1 aliphatic heterocycles. The molecule has 6 heteroatoms. The number of benzene rings is 1. The van der Waals surface area contributed by atoms with Gasteiger partial charge in [-0.2, -0.15) is 5.10 Å². The van der Waals surface area contributed by atoms with Gasteiger partial charge in [0, 0.05) is 18.8 Å². The van der Waals surface area contributed by atoms with Crippen molar-refractivity contribution >= 4 is 5.97 Å². The van der Waals surface area contributed by atoms with Gasteiger partial charge in [0.25, 0.3) is 0 Å². The maximum Gasteiger partial charge on any atom is 0.341 e. The fourth-order valence-electron chi connectivity index (χ4n) is 3.28. The quantitative estimate of drug-likeness (QED) is 0.744. The van der Waals surface area contributed by atoms with Crippen molar-refractivity contribution in [3.8, 4) is 11.3 Å². The molecular weight excluding hydrogens is 335 g/mol. The van der Waals surface area contributed by atoms with E-state index in [0.717, 1.165) is 18.4 Å². The molecule has 0 N–H and O–H groups in total. The van der Waals surface area contributed by atoms with Crippen LogP contribution in [0.2, 0.25) is 0 Å². The first-order chi connectivity index (χ1) is 12.5. The van der Waals surface area contributed by atoms with Gasteiger partial charge in [-0.1, -0.05) is 19.9 Å². The molecule has 2 heterocycles. The number of ether oxygens (including phenoxy) is 2. The summed E-state index contributed by atoms with van der Waals surface area (Å²) in [5, 5.41) is 4.41. The summed E-state index contributed by atoms with van der Waals surface area (Å²) in [6.45, 7) is 7.31. The lowest BCUT2D eigenvalue weighted by Gasteiger charge is -2.24. The summed E-state index contributed by atoms with van der Waals surface area (Å²) in [5.41, 5.74) is 2.08. The van der Waals surface area contributed by atoms with Gasteiger partial charge in [-0.15, -0.1) is 0 Å². The van der Waals surface area contributed by atoms with Crippen molar-refractivity contribution < 1.29 is 18.7 Å². The third-order valence-electron chi connectivity index (χ3n) is 4.74. The Morgan fingerprint density at radius 1 is 1.38 bits per heavy atom. The number of carbonyl (C=O) groups excluding carboxylic acids is 1. The Labute approximate surface area is 153 Å². The summed E-state index contributed by atoms with van der Waals surface area (Å²) in [6, 6.07) is 5.25. The van der Waals surface area contributed by atoms with Gasteiger partial charge in [-0.05, 0) is 43.4 Å². The zero-order chi connectivity index (χ0) is 18.7. The minimum absolute atomic E-state index is 0.0751. The second kappa shape index (κ2) is 7.99.